The SMILES string of the molecule is CCC(C)OC(=O)n1nc(NC(=O)c2ccccc2NC(=O)c2nccn2C)c2cc(C(=O)NC(C)(C)c3ccccc3)sc21. The van der Waals surface area contributed by atoms with E-state index in [1.54, 1.807) is 55.1 Å². The first-order chi connectivity index (χ1) is 21.5. The molecule has 5 rings (SSSR count). The number of hydrogen-bond donors (Lipinski definition) is 3. The summed E-state index contributed by atoms with van der Waals surface area (Å²) in [6, 6.07) is 17.6. The van der Waals surface area contributed by atoms with Crippen molar-refractivity contribution in [3.05, 3.63) is 94.9 Å². The fourth-order valence-corrected chi connectivity index (χ4v) is 5.54. The Bertz CT molecular complexity index is 1890. The van der Waals surface area contributed by atoms with Crippen molar-refractivity contribution in [2.45, 2.75) is 45.8 Å². The van der Waals surface area contributed by atoms with Crippen LogP contribution in [0.2, 0.25) is 0 Å². The molecule has 1 atom stereocenters. The number of thiophene rings is 1. The third kappa shape index (κ3) is 6.63. The van der Waals surface area contributed by atoms with Crippen molar-refractivity contribution in [3.63, 3.8) is 0 Å². The highest BCUT2D eigenvalue weighted by molar-refractivity contribution is 7.20. The van der Waals surface area contributed by atoms with E-state index >= 15 is 0 Å². The monoisotopic (exact) mass is 627 g/mol. The molecular formula is C32H33N7O5S. The maximum Gasteiger partial charge on any atom is 0.436 e. The number of carbonyl (C=O) groups excluding carboxylic acids is 4. The summed E-state index contributed by atoms with van der Waals surface area (Å²) in [5, 5.41) is 13.3. The smallest absolute Gasteiger partial charge is 0.436 e. The first kappa shape index (κ1) is 31.1. The molecule has 232 valence electrons. The molecule has 2 aromatic carbocycles. The summed E-state index contributed by atoms with van der Waals surface area (Å²) in [6.45, 7) is 7.44. The number of nitrogens with zero attached hydrogens (tertiary/aromatic N) is 4. The Hall–Kier alpha value is -5.30. The van der Waals surface area contributed by atoms with Gasteiger partial charge in [-0.25, -0.2) is 9.78 Å². The Morgan fingerprint density at radius 1 is 0.978 bits per heavy atom. The van der Waals surface area contributed by atoms with Gasteiger partial charge < -0.3 is 25.3 Å². The third-order valence-electron chi connectivity index (χ3n) is 7.23. The summed E-state index contributed by atoms with van der Waals surface area (Å²) in [5.41, 5.74) is 0.645. The largest absolute Gasteiger partial charge is 0.445 e. The minimum atomic E-state index is -0.740. The van der Waals surface area contributed by atoms with E-state index in [0.29, 0.717) is 21.5 Å². The molecule has 0 aliphatic rings. The second kappa shape index (κ2) is 12.7. The molecule has 0 bridgehead atoms. The molecule has 0 saturated carbocycles. The highest BCUT2D eigenvalue weighted by Gasteiger charge is 2.28. The Morgan fingerprint density at radius 3 is 2.38 bits per heavy atom. The molecule has 3 aromatic heterocycles. The maximum absolute atomic E-state index is 13.6. The lowest BCUT2D eigenvalue weighted by molar-refractivity contribution is 0.0914. The van der Waals surface area contributed by atoms with Gasteiger partial charge in [-0.2, -0.15) is 4.68 Å². The first-order valence-electron chi connectivity index (χ1n) is 14.3. The van der Waals surface area contributed by atoms with Gasteiger partial charge in [-0.05, 0) is 51.0 Å². The van der Waals surface area contributed by atoms with Crippen LogP contribution in [-0.4, -0.2) is 49.3 Å². The predicted molar refractivity (Wildman–Crippen MR) is 172 cm³/mol. The zero-order valence-corrected chi connectivity index (χ0v) is 26.3. The molecular weight excluding hydrogens is 594 g/mol. The lowest BCUT2D eigenvalue weighted by Crippen LogP contribution is -2.40. The van der Waals surface area contributed by atoms with Crippen molar-refractivity contribution in [1.82, 2.24) is 24.6 Å². The van der Waals surface area contributed by atoms with Crippen LogP contribution in [0.1, 0.15) is 70.3 Å². The molecule has 45 heavy (non-hydrogen) atoms. The first-order valence-corrected chi connectivity index (χ1v) is 15.1. The second-order valence-electron chi connectivity index (χ2n) is 11.0. The van der Waals surface area contributed by atoms with Crippen LogP contribution in [0.4, 0.5) is 16.3 Å². The van der Waals surface area contributed by atoms with Gasteiger partial charge in [0.25, 0.3) is 17.7 Å². The van der Waals surface area contributed by atoms with Crippen LogP contribution < -0.4 is 16.0 Å². The van der Waals surface area contributed by atoms with Crippen LogP contribution in [0.3, 0.4) is 0 Å². The van der Waals surface area contributed by atoms with E-state index in [0.717, 1.165) is 21.6 Å². The summed E-state index contributed by atoms with van der Waals surface area (Å²) >= 11 is 1.06. The number of nitrogens with one attached hydrogen (secondary N) is 3. The number of ether oxygens (including phenoxy) is 1. The van der Waals surface area contributed by atoms with Crippen molar-refractivity contribution >= 4 is 56.9 Å². The zero-order valence-electron chi connectivity index (χ0n) is 25.5. The van der Waals surface area contributed by atoms with Gasteiger partial charge in [0.2, 0.25) is 0 Å². The van der Waals surface area contributed by atoms with Gasteiger partial charge in [0, 0.05) is 19.4 Å². The van der Waals surface area contributed by atoms with Crippen LogP contribution in [0.5, 0.6) is 0 Å². The molecule has 1 unspecified atom stereocenters. The fourth-order valence-electron chi connectivity index (χ4n) is 4.54. The predicted octanol–water partition coefficient (Wildman–Crippen LogP) is 5.78. The number of fused-ring (bicyclic) bond motifs is 1. The van der Waals surface area contributed by atoms with Gasteiger partial charge in [0.15, 0.2) is 11.6 Å². The number of aromatic nitrogens is 4. The Balaban J connectivity index is 1.46. The standard InChI is InChI=1S/C32H33N7O5S/c1-6-19(2)44-31(43)39-30-22(18-24(45-30)28(41)36-32(3,4)20-12-8-7-9-13-20)25(37-39)35-27(40)21-14-10-11-15-23(21)34-29(42)26-33-16-17-38(26)5/h7-19H,6H2,1-5H3,(H,34,42)(H,36,41)(H,35,37,40). The van der Waals surface area contributed by atoms with Gasteiger partial charge in [-0.15, -0.1) is 16.4 Å². The van der Waals surface area contributed by atoms with E-state index in [1.807, 2.05) is 51.1 Å². The van der Waals surface area contributed by atoms with E-state index in [-0.39, 0.29) is 34.9 Å². The number of hydrogen-bond acceptors (Lipinski definition) is 8. The molecule has 0 spiro atoms. The van der Waals surface area contributed by atoms with Gasteiger partial charge in [-0.3, -0.25) is 14.4 Å². The van der Waals surface area contributed by atoms with Crippen LogP contribution >= 0.6 is 11.3 Å². The maximum atomic E-state index is 13.6. The molecule has 0 fully saturated rings. The zero-order chi connectivity index (χ0) is 32.3. The number of rotatable bonds is 9. The minimum Gasteiger partial charge on any atom is -0.445 e. The van der Waals surface area contributed by atoms with E-state index in [1.165, 1.54) is 6.20 Å². The summed E-state index contributed by atoms with van der Waals surface area (Å²) in [4.78, 5) is 57.7. The lowest BCUT2D eigenvalue weighted by atomic mass is 9.94. The Kier molecular flexibility index (Phi) is 8.82. The molecule has 13 heteroatoms. The number of aryl methyl sites for hydroxylation is 1. The molecule has 0 radical (unpaired) electrons. The van der Waals surface area contributed by atoms with Gasteiger partial charge in [-0.1, -0.05) is 49.4 Å². The summed E-state index contributed by atoms with van der Waals surface area (Å²) < 4.78 is 8.12. The molecule has 5 aromatic rings. The number of anilines is 2. The van der Waals surface area contributed by atoms with Crippen molar-refractivity contribution < 1.29 is 23.9 Å². The number of benzene rings is 2. The highest BCUT2D eigenvalue weighted by Crippen LogP contribution is 2.33. The summed E-state index contributed by atoms with van der Waals surface area (Å²) in [6.07, 6.45) is 2.61. The lowest BCUT2D eigenvalue weighted by Gasteiger charge is -2.26. The number of carbonyl (C=O) groups is 4. The number of amides is 3. The summed E-state index contributed by atoms with van der Waals surface area (Å²) in [7, 11) is 1.69. The van der Waals surface area contributed by atoms with Crippen LogP contribution in [0, 0.1) is 0 Å². The van der Waals surface area contributed by atoms with Crippen LogP contribution in [-0.2, 0) is 17.3 Å². The number of para-hydroxylation sites is 1. The quantitative estimate of drug-likeness (QED) is 0.187. The third-order valence-corrected chi connectivity index (χ3v) is 8.34. The molecule has 0 aliphatic carbocycles. The minimum absolute atomic E-state index is 0.0546. The van der Waals surface area contributed by atoms with Crippen molar-refractivity contribution in [3.8, 4) is 0 Å². The van der Waals surface area contributed by atoms with E-state index in [4.69, 9.17) is 4.74 Å². The van der Waals surface area contributed by atoms with E-state index in [2.05, 4.69) is 26.0 Å². The molecule has 3 N–H and O–H groups in total. The average Bonchev–Trinajstić information content (AvgIpc) is 3.73. The van der Waals surface area contributed by atoms with Crippen LogP contribution in [0.15, 0.2) is 73.1 Å². The van der Waals surface area contributed by atoms with Gasteiger partial charge >= 0.3 is 6.09 Å². The van der Waals surface area contributed by atoms with Gasteiger partial charge in [0.1, 0.15) is 10.9 Å². The highest BCUT2D eigenvalue weighted by atomic mass is 32.1. The van der Waals surface area contributed by atoms with Crippen molar-refractivity contribution in [2.24, 2.45) is 7.05 Å². The fraction of sp³-hybridized carbons (Fsp3) is 0.250. The Morgan fingerprint density at radius 2 is 1.69 bits per heavy atom. The number of imidazole rings is 1. The molecule has 12 nitrogen and oxygen atoms in total. The molecule has 0 saturated heterocycles. The van der Waals surface area contributed by atoms with Crippen molar-refractivity contribution in [1.29, 1.82) is 0 Å². The Labute approximate surface area is 263 Å². The average molecular weight is 628 g/mol. The van der Waals surface area contributed by atoms with E-state index in [9.17, 15) is 19.2 Å². The molecule has 3 heterocycles. The van der Waals surface area contributed by atoms with Crippen LogP contribution in [0.25, 0.3) is 10.2 Å². The van der Waals surface area contributed by atoms with E-state index < -0.39 is 23.4 Å². The molecule has 0 aliphatic heterocycles. The van der Waals surface area contributed by atoms with Gasteiger partial charge in [0.05, 0.1) is 27.1 Å². The topological polar surface area (TPSA) is 149 Å². The normalized spacial score (nSPS) is 12.0. The molecule has 3 amide bonds. The summed E-state index contributed by atoms with van der Waals surface area (Å²) in [5.74, 6) is -1.21. The van der Waals surface area contributed by atoms with Crippen molar-refractivity contribution in [2.75, 3.05) is 10.6 Å². The second-order valence-corrected chi connectivity index (χ2v) is 12.0.